The Balaban J connectivity index is 0.000000396. The predicted molar refractivity (Wildman–Crippen MR) is 110 cm³/mol. The van der Waals surface area contributed by atoms with E-state index in [1.54, 1.807) is 0 Å². The summed E-state index contributed by atoms with van der Waals surface area (Å²) in [6.07, 6.45) is 0.876. The van der Waals surface area contributed by atoms with Crippen molar-refractivity contribution < 1.29 is 24.6 Å². The second kappa shape index (κ2) is 12.9. The van der Waals surface area contributed by atoms with Gasteiger partial charge in [0.15, 0.2) is 0 Å². The van der Waals surface area contributed by atoms with Gasteiger partial charge in [0.05, 0.1) is 6.54 Å². The molecule has 0 heterocycles. The minimum atomic E-state index is -1.07. The fourth-order valence-electron chi connectivity index (χ4n) is 2.62. The summed E-state index contributed by atoms with van der Waals surface area (Å²) in [5, 5.41) is 19.7. The number of aliphatic carboxylic acids is 2. The lowest BCUT2D eigenvalue weighted by Crippen LogP contribution is -2.35. The van der Waals surface area contributed by atoms with Gasteiger partial charge in [-0.25, -0.2) is 4.79 Å². The third-order valence-corrected chi connectivity index (χ3v) is 4.04. The lowest BCUT2D eigenvalue weighted by Gasteiger charge is -2.18. The fraction of sp³-hybridized carbons (Fsp3) is 0.286. The van der Waals surface area contributed by atoms with Crippen LogP contribution in [0.15, 0.2) is 60.7 Å². The van der Waals surface area contributed by atoms with Crippen LogP contribution in [0.2, 0.25) is 0 Å². The Bertz CT molecular complexity index is 729. The molecule has 0 saturated carbocycles. The Labute approximate surface area is 170 Å². The summed E-state index contributed by atoms with van der Waals surface area (Å²) in [6, 6.07) is 19.9. The van der Waals surface area contributed by atoms with E-state index in [1.807, 2.05) is 36.4 Å². The number of carbonyl (C=O) groups excluding carboxylic acids is 1. The van der Waals surface area contributed by atoms with Crippen molar-refractivity contribution >= 4 is 18.0 Å². The standard InChI is InChI=1S/C17H19NO2.C4H8N2O3/c19-17(20)13-18-12-11-16(14-7-3-1-4-8-14)15-9-5-2-6-10-15;1-6(4(5)9)2-3(7)8/h1-10,16,18H,11-13H2,(H,19,20);2H2,1H3,(H2,5,9)(H,7,8). The molecule has 2 amide bonds. The number of benzene rings is 2. The zero-order valence-corrected chi connectivity index (χ0v) is 16.3. The number of hydrogen-bond acceptors (Lipinski definition) is 4. The number of nitrogens with zero attached hydrogens (tertiary/aromatic N) is 1. The van der Waals surface area contributed by atoms with E-state index in [2.05, 4.69) is 29.6 Å². The molecule has 0 bridgehead atoms. The number of amides is 2. The normalized spacial score (nSPS) is 10.0. The fourth-order valence-corrected chi connectivity index (χ4v) is 2.62. The van der Waals surface area contributed by atoms with Crippen LogP contribution in [0, 0.1) is 0 Å². The Kier molecular flexibility index (Phi) is 10.5. The van der Waals surface area contributed by atoms with Crippen LogP contribution in [-0.2, 0) is 9.59 Å². The van der Waals surface area contributed by atoms with E-state index >= 15 is 0 Å². The van der Waals surface area contributed by atoms with Gasteiger partial charge in [0.1, 0.15) is 6.54 Å². The lowest BCUT2D eigenvalue weighted by molar-refractivity contribution is -0.137. The molecule has 0 unspecified atom stereocenters. The third-order valence-electron chi connectivity index (χ3n) is 4.04. The molecule has 156 valence electrons. The van der Waals surface area contributed by atoms with E-state index in [1.165, 1.54) is 18.2 Å². The first-order chi connectivity index (χ1) is 13.8. The molecule has 0 fully saturated rings. The first kappa shape index (κ1) is 23.6. The van der Waals surface area contributed by atoms with Crippen molar-refractivity contribution in [1.82, 2.24) is 10.2 Å². The Morgan fingerprint density at radius 3 is 1.76 bits per heavy atom. The van der Waals surface area contributed by atoms with Crippen LogP contribution < -0.4 is 11.1 Å². The first-order valence-electron chi connectivity index (χ1n) is 9.06. The highest BCUT2D eigenvalue weighted by Gasteiger charge is 2.13. The maximum Gasteiger partial charge on any atom is 0.323 e. The van der Waals surface area contributed by atoms with E-state index in [4.69, 9.17) is 15.9 Å². The Hall–Kier alpha value is -3.39. The van der Waals surface area contributed by atoms with Gasteiger partial charge in [-0.1, -0.05) is 60.7 Å². The molecule has 0 aliphatic heterocycles. The zero-order valence-electron chi connectivity index (χ0n) is 16.3. The summed E-state index contributed by atoms with van der Waals surface area (Å²) in [6.45, 7) is 0.340. The molecule has 5 N–H and O–H groups in total. The minimum Gasteiger partial charge on any atom is -0.480 e. The van der Waals surface area contributed by atoms with Gasteiger partial charge >= 0.3 is 18.0 Å². The summed E-state index contributed by atoms with van der Waals surface area (Å²) in [4.78, 5) is 31.4. The van der Waals surface area contributed by atoms with Crippen LogP contribution >= 0.6 is 0 Å². The molecule has 0 saturated heterocycles. The SMILES string of the molecule is CN(CC(=O)O)C(N)=O.O=C(O)CNCCC(c1ccccc1)c1ccccc1. The summed E-state index contributed by atoms with van der Waals surface area (Å²) in [5.41, 5.74) is 7.23. The van der Waals surface area contributed by atoms with Crippen LogP contribution in [0.25, 0.3) is 0 Å². The highest BCUT2D eigenvalue weighted by molar-refractivity contribution is 5.78. The van der Waals surface area contributed by atoms with Gasteiger partial charge in [-0.3, -0.25) is 9.59 Å². The predicted octanol–water partition coefficient (Wildman–Crippen LogP) is 1.96. The minimum absolute atomic E-state index is 0.0102. The molecular weight excluding hydrogens is 374 g/mol. The Morgan fingerprint density at radius 1 is 0.931 bits per heavy atom. The van der Waals surface area contributed by atoms with Crippen molar-refractivity contribution in [3.8, 4) is 0 Å². The molecular formula is C21H27N3O5. The smallest absolute Gasteiger partial charge is 0.323 e. The number of primary amides is 1. The second-order valence-electron chi connectivity index (χ2n) is 6.32. The van der Waals surface area contributed by atoms with Gasteiger partial charge in [0.2, 0.25) is 0 Å². The number of nitrogens with one attached hydrogen (secondary N) is 1. The molecule has 8 nitrogen and oxygen atoms in total. The molecule has 29 heavy (non-hydrogen) atoms. The number of nitrogens with two attached hydrogens (primary N) is 1. The number of carboxylic acid groups (broad SMARTS) is 2. The van der Waals surface area contributed by atoms with Gasteiger partial charge in [0, 0.05) is 13.0 Å². The van der Waals surface area contributed by atoms with E-state index in [0.717, 1.165) is 11.3 Å². The van der Waals surface area contributed by atoms with Crippen LogP contribution in [0.4, 0.5) is 4.79 Å². The number of carbonyl (C=O) groups is 3. The first-order valence-corrected chi connectivity index (χ1v) is 9.06. The van der Waals surface area contributed by atoms with E-state index in [-0.39, 0.29) is 13.1 Å². The molecule has 2 aromatic rings. The second-order valence-corrected chi connectivity index (χ2v) is 6.32. The summed E-state index contributed by atoms with van der Waals surface area (Å²) < 4.78 is 0. The van der Waals surface area contributed by atoms with Crippen molar-refractivity contribution in [2.24, 2.45) is 5.73 Å². The van der Waals surface area contributed by atoms with Crippen molar-refractivity contribution in [2.45, 2.75) is 12.3 Å². The average molecular weight is 401 g/mol. The monoisotopic (exact) mass is 401 g/mol. The maximum atomic E-state index is 10.5. The largest absolute Gasteiger partial charge is 0.480 e. The van der Waals surface area contributed by atoms with Crippen molar-refractivity contribution in [3.05, 3.63) is 71.8 Å². The highest BCUT2D eigenvalue weighted by atomic mass is 16.4. The maximum absolute atomic E-state index is 10.5. The number of hydrogen-bond donors (Lipinski definition) is 4. The highest BCUT2D eigenvalue weighted by Crippen LogP contribution is 2.27. The molecule has 0 aliphatic carbocycles. The molecule has 2 rings (SSSR count). The van der Waals surface area contributed by atoms with Crippen LogP contribution in [-0.4, -0.2) is 59.8 Å². The van der Waals surface area contributed by atoms with Crippen molar-refractivity contribution in [2.75, 3.05) is 26.7 Å². The number of urea groups is 1. The quantitative estimate of drug-likeness (QED) is 0.475. The molecule has 2 aromatic carbocycles. The van der Waals surface area contributed by atoms with Crippen LogP contribution in [0.3, 0.4) is 0 Å². The molecule has 8 heteroatoms. The third kappa shape index (κ3) is 9.92. The van der Waals surface area contributed by atoms with Crippen LogP contribution in [0.1, 0.15) is 23.5 Å². The van der Waals surface area contributed by atoms with E-state index in [0.29, 0.717) is 12.5 Å². The molecule has 0 aromatic heterocycles. The molecule has 0 radical (unpaired) electrons. The summed E-state index contributed by atoms with van der Waals surface area (Å²) >= 11 is 0. The number of carboxylic acids is 2. The average Bonchev–Trinajstić information content (AvgIpc) is 2.69. The van der Waals surface area contributed by atoms with Gasteiger partial charge in [-0.05, 0) is 24.1 Å². The van der Waals surface area contributed by atoms with E-state index in [9.17, 15) is 14.4 Å². The molecule has 0 atom stereocenters. The Morgan fingerprint density at radius 2 is 1.41 bits per heavy atom. The van der Waals surface area contributed by atoms with Gasteiger partial charge in [-0.15, -0.1) is 0 Å². The van der Waals surface area contributed by atoms with E-state index < -0.39 is 18.0 Å². The molecule has 0 spiro atoms. The zero-order chi connectivity index (χ0) is 21.6. The molecule has 0 aliphatic rings. The van der Waals surface area contributed by atoms with Gasteiger partial charge < -0.3 is 26.2 Å². The van der Waals surface area contributed by atoms with Crippen molar-refractivity contribution in [3.63, 3.8) is 0 Å². The van der Waals surface area contributed by atoms with Gasteiger partial charge in [-0.2, -0.15) is 0 Å². The number of rotatable bonds is 9. The summed E-state index contributed by atoms with van der Waals surface area (Å²) in [5.74, 6) is -1.60. The van der Waals surface area contributed by atoms with Crippen LogP contribution in [0.5, 0.6) is 0 Å². The van der Waals surface area contributed by atoms with Crippen molar-refractivity contribution in [1.29, 1.82) is 0 Å². The number of likely N-dealkylation sites (N-methyl/N-ethyl adjacent to an activating group) is 1. The van der Waals surface area contributed by atoms with Gasteiger partial charge in [0.25, 0.3) is 0 Å². The lowest BCUT2D eigenvalue weighted by atomic mass is 9.88. The summed E-state index contributed by atoms with van der Waals surface area (Å²) in [7, 11) is 1.32. The topological polar surface area (TPSA) is 133 Å².